The first-order valence-electron chi connectivity index (χ1n) is 7.44. The predicted octanol–water partition coefficient (Wildman–Crippen LogP) is -0.0958. The molecule has 0 bridgehead atoms. The Balaban J connectivity index is 1.74. The van der Waals surface area contributed by atoms with Gasteiger partial charge < -0.3 is 16.0 Å². The fraction of sp³-hybridized carbons (Fsp3) is 0.786. The molecule has 1 aliphatic carbocycles. The first-order valence-corrected chi connectivity index (χ1v) is 7.44. The van der Waals surface area contributed by atoms with Gasteiger partial charge in [-0.25, -0.2) is 4.79 Å². The molecule has 2 rings (SSSR count). The largest absolute Gasteiger partial charge is 0.349 e. The number of hydrogen-bond acceptors (Lipinski definition) is 4. The minimum absolute atomic E-state index is 0.0673. The molecule has 0 aromatic rings. The van der Waals surface area contributed by atoms with E-state index in [0.29, 0.717) is 25.3 Å². The Hall–Kier alpha value is -1.63. The highest BCUT2D eigenvalue weighted by atomic mass is 16.2. The number of nitrogens with two attached hydrogens (primary N) is 1. The summed E-state index contributed by atoms with van der Waals surface area (Å²) < 4.78 is 0. The van der Waals surface area contributed by atoms with E-state index >= 15 is 0 Å². The van der Waals surface area contributed by atoms with E-state index in [4.69, 9.17) is 5.73 Å². The molecule has 4 amide bonds. The van der Waals surface area contributed by atoms with Gasteiger partial charge in [0.1, 0.15) is 6.54 Å². The smallest absolute Gasteiger partial charge is 0.326 e. The van der Waals surface area contributed by atoms with Crippen molar-refractivity contribution in [1.82, 2.24) is 15.1 Å². The zero-order valence-electron chi connectivity index (χ0n) is 12.7. The van der Waals surface area contributed by atoms with Crippen LogP contribution in [0.1, 0.15) is 32.6 Å². The summed E-state index contributed by atoms with van der Waals surface area (Å²) in [4.78, 5) is 37.8. The number of rotatable bonds is 7. The monoisotopic (exact) mass is 296 g/mol. The first-order chi connectivity index (χ1) is 9.87. The third kappa shape index (κ3) is 3.53. The fourth-order valence-electron chi connectivity index (χ4n) is 2.71. The molecule has 118 valence electrons. The quantitative estimate of drug-likeness (QED) is 0.641. The topological polar surface area (TPSA) is 95.7 Å². The molecule has 0 spiro atoms. The van der Waals surface area contributed by atoms with Crippen LogP contribution in [-0.4, -0.2) is 59.9 Å². The molecule has 1 saturated carbocycles. The lowest BCUT2D eigenvalue weighted by Crippen LogP contribution is -2.53. The van der Waals surface area contributed by atoms with Gasteiger partial charge in [0.25, 0.3) is 0 Å². The average molecular weight is 296 g/mol. The van der Waals surface area contributed by atoms with Gasteiger partial charge in [-0.05, 0) is 32.1 Å². The average Bonchev–Trinajstić information content (AvgIpc) is 3.24. The second kappa shape index (κ2) is 6.01. The Morgan fingerprint density at radius 2 is 2.10 bits per heavy atom. The van der Waals surface area contributed by atoms with E-state index in [1.165, 1.54) is 9.80 Å². The van der Waals surface area contributed by atoms with Crippen LogP contribution >= 0.6 is 0 Å². The van der Waals surface area contributed by atoms with E-state index in [9.17, 15) is 14.4 Å². The SMILES string of the molecule is CN1CC(=O)N(CCCC(=O)NC(C)(CN)C2CC2)C1=O. The summed E-state index contributed by atoms with van der Waals surface area (Å²) in [6, 6.07) is -0.287. The predicted molar refractivity (Wildman–Crippen MR) is 77.3 cm³/mol. The van der Waals surface area contributed by atoms with E-state index in [-0.39, 0.29) is 36.5 Å². The van der Waals surface area contributed by atoms with Crippen molar-refractivity contribution < 1.29 is 14.4 Å². The molecular weight excluding hydrogens is 272 g/mol. The zero-order chi connectivity index (χ0) is 15.6. The van der Waals surface area contributed by atoms with Crippen LogP contribution in [0.25, 0.3) is 0 Å². The van der Waals surface area contributed by atoms with Gasteiger partial charge in [-0.1, -0.05) is 0 Å². The van der Waals surface area contributed by atoms with Gasteiger partial charge in [0.05, 0.1) is 5.54 Å². The minimum Gasteiger partial charge on any atom is -0.349 e. The molecule has 2 fully saturated rings. The summed E-state index contributed by atoms with van der Waals surface area (Å²) in [5, 5.41) is 3.00. The summed E-state index contributed by atoms with van der Waals surface area (Å²) in [6.07, 6.45) is 2.99. The van der Waals surface area contributed by atoms with E-state index in [2.05, 4.69) is 5.32 Å². The summed E-state index contributed by atoms with van der Waals surface area (Å²) in [7, 11) is 1.59. The molecule has 2 aliphatic rings. The number of nitrogens with zero attached hydrogens (tertiary/aromatic N) is 2. The van der Waals surface area contributed by atoms with Gasteiger partial charge in [0.2, 0.25) is 11.8 Å². The van der Waals surface area contributed by atoms with Crippen LogP contribution in [0.15, 0.2) is 0 Å². The lowest BCUT2D eigenvalue weighted by Gasteiger charge is -2.29. The molecule has 0 aromatic heterocycles. The molecular formula is C14H24N4O3. The van der Waals surface area contributed by atoms with E-state index in [0.717, 1.165) is 12.8 Å². The number of amides is 4. The van der Waals surface area contributed by atoms with Gasteiger partial charge in [-0.2, -0.15) is 0 Å². The second-order valence-electron chi connectivity index (χ2n) is 6.23. The molecule has 1 saturated heterocycles. The summed E-state index contributed by atoms with van der Waals surface area (Å²) in [5.41, 5.74) is 5.44. The van der Waals surface area contributed by atoms with Crippen molar-refractivity contribution >= 4 is 17.8 Å². The lowest BCUT2D eigenvalue weighted by molar-refractivity contribution is -0.126. The highest BCUT2D eigenvalue weighted by Gasteiger charge is 2.41. The Morgan fingerprint density at radius 3 is 2.57 bits per heavy atom. The van der Waals surface area contributed by atoms with Crippen LogP contribution in [0.5, 0.6) is 0 Å². The third-order valence-corrected chi connectivity index (χ3v) is 4.34. The van der Waals surface area contributed by atoms with Crippen LogP contribution in [0.4, 0.5) is 4.79 Å². The van der Waals surface area contributed by atoms with E-state index in [1.807, 2.05) is 6.92 Å². The van der Waals surface area contributed by atoms with Gasteiger partial charge in [-0.3, -0.25) is 14.5 Å². The van der Waals surface area contributed by atoms with Crippen LogP contribution in [0.2, 0.25) is 0 Å². The maximum Gasteiger partial charge on any atom is 0.326 e. The van der Waals surface area contributed by atoms with Gasteiger partial charge in [0.15, 0.2) is 0 Å². The van der Waals surface area contributed by atoms with Gasteiger partial charge in [-0.15, -0.1) is 0 Å². The number of imide groups is 1. The van der Waals surface area contributed by atoms with Crippen molar-refractivity contribution in [1.29, 1.82) is 0 Å². The summed E-state index contributed by atoms with van der Waals surface area (Å²) in [6.45, 7) is 2.82. The molecule has 1 heterocycles. The van der Waals surface area contributed by atoms with Crippen LogP contribution in [-0.2, 0) is 9.59 Å². The molecule has 1 unspecified atom stereocenters. The Kier molecular flexibility index (Phi) is 4.51. The molecule has 0 aromatic carbocycles. The zero-order valence-corrected chi connectivity index (χ0v) is 12.7. The molecule has 21 heavy (non-hydrogen) atoms. The highest BCUT2D eigenvalue weighted by molar-refractivity contribution is 6.01. The Morgan fingerprint density at radius 1 is 1.43 bits per heavy atom. The Bertz CT molecular complexity index is 450. The molecule has 1 atom stereocenters. The molecule has 1 aliphatic heterocycles. The van der Waals surface area contributed by atoms with E-state index in [1.54, 1.807) is 7.05 Å². The third-order valence-electron chi connectivity index (χ3n) is 4.34. The number of carbonyl (C=O) groups is 3. The first kappa shape index (κ1) is 15.8. The molecule has 7 nitrogen and oxygen atoms in total. The molecule has 0 radical (unpaired) electrons. The summed E-state index contributed by atoms with van der Waals surface area (Å²) >= 11 is 0. The number of nitrogens with one attached hydrogen (secondary N) is 1. The van der Waals surface area contributed by atoms with Crippen LogP contribution < -0.4 is 11.1 Å². The maximum absolute atomic E-state index is 12.0. The Labute approximate surface area is 124 Å². The van der Waals surface area contributed by atoms with Crippen LogP contribution in [0.3, 0.4) is 0 Å². The molecule has 3 N–H and O–H groups in total. The lowest BCUT2D eigenvalue weighted by atomic mass is 9.95. The van der Waals surface area contributed by atoms with Crippen molar-refractivity contribution in [2.24, 2.45) is 11.7 Å². The van der Waals surface area contributed by atoms with Crippen LogP contribution in [0, 0.1) is 5.92 Å². The second-order valence-corrected chi connectivity index (χ2v) is 6.23. The van der Waals surface area contributed by atoms with Crippen molar-refractivity contribution in [2.75, 3.05) is 26.7 Å². The van der Waals surface area contributed by atoms with Crippen molar-refractivity contribution in [3.8, 4) is 0 Å². The van der Waals surface area contributed by atoms with Crippen molar-refractivity contribution in [3.63, 3.8) is 0 Å². The summed E-state index contributed by atoms with van der Waals surface area (Å²) in [5.74, 6) is 0.205. The highest BCUT2D eigenvalue weighted by Crippen LogP contribution is 2.38. The number of hydrogen-bond donors (Lipinski definition) is 2. The standard InChI is InChI=1S/C14H24N4O3/c1-14(9-15,10-5-6-10)16-11(19)4-3-7-18-12(20)8-17(2)13(18)21/h10H,3-9,15H2,1-2H3,(H,16,19). The maximum atomic E-state index is 12.0. The van der Waals surface area contributed by atoms with Gasteiger partial charge in [0, 0.05) is 26.6 Å². The van der Waals surface area contributed by atoms with E-state index < -0.39 is 0 Å². The van der Waals surface area contributed by atoms with Crippen molar-refractivity contribution in [3.05, 3.63) is 0 Å². The minimum atomic E-state index is -0.323. The molecule has 7 heteroatoms. The number of carbonyl (C=O) groups excluding carboxylic acids is 3. The fourth-order valence-corrected chi connectivity index (χ4v) is 2.71. The number of likely N-dealkylation sites (N-methyl/N-ethyl adjacent to an activating group) is 1. The van der Waals surface area contributed by atoms with Gasteiger partial charge >= 0.3 is 6.03 Å². The number of urea groups is 1. The van der Waals surface area contributed by atoms with Crippen molar-refractivity contribution in [2.45, 2.75) is 38.1 Å². The normalized spacial score (nSPS) is 21.7.